The van der Waals surface area contributed by atoms with E-state index in [1.165, 1.54) is 0 Å². The molecular weight excluding hydrogens is 321 g/mol. The van der Waals surface area contributed by atoms with E-state index in [0.717, 1.165) is 16.7 Å². The zero-order chi connectivity index (χ0) is 17.4. The molecule has 0 bridgehead atoms. The van der Waals surface area contributed by atoms with Crippen LogP contribution < -0.4 is 0 Å². The van der Waals surface area contributed by atoms with Crippen LogP contribution in [0.25, 0.3) is 11.1 Å². The van der Waals surface area contributed by atoms with Gasteiger partial charge in [0.25, 0.3) is 0 Å². The van der Waals surface area contributed by atoms with E-state index in [-0.39, 0.29) is 19.6 Å². The summed E-state index contributed by atoms with van der Waals surface area (Å²) in [5.74, 6) is -0.593. The van der Waals surface area contributed by atoms with Crippen molar-refractivity contribution in [3.05, 3.63) is 60.2 Å². The molecule has 2 aromatic rings. The van der Waals surface area contributed by atoms with Crippen LogP contribution in [0, 0.1) is 0 Å². The molecule has 2 aromatic carbocycles. The topological polar surface area (TPSA) is 35.5 Å². The van der Waals surface area contributed by atoms with Gasteiger partial charge in [-0.2, -0.15) is 13.2 Å². The minimum Gasteiger partial charge on any atom is -0.461 e. The van der Waals surface area contributed by atoms with E-state index in [1.54, 1.807) is 0 Å². The average molecular weight is 338 g/mol. The summed E-state index contributed by atoms with van der Waals surface area (Å²) >= 11 is 0. The lowest BCUT2D eigenvalue weighted by Gasteiger charge is -2.08. The molecule has 3 nitrogen and oxygen atoms in total. The Morgan fingerprint density at radius 1 is 0.917 bits per heavy atom. The number of esters is 1. The maximum atomic E-state index is 11.9. The third kappa shape index (κ3) is 6.42. The molecule has 0 fully saturated rings. The number of alkyl halides is 3. The molecule has 0 aliphatic carbocycles. The van der Waals surface area contributed by atoms with Gasteiger partial charge in [-0.1, -0.05) is 54.6 Å². The van der Waals surface area contributed by atoms with Crippen molar-refractivity contribution in [2.24, 2.45) is 0 Å². The monoisotopic (exact) mass is 338 g/mol. The minimum atomic E-state index is -4.38. The lowest BCUT2D eigenvalue weighted by atomic mass is 10.0. The highest BCUT2D eigenvalue weighted by Crippen LogP contribution is 2.19. The van der Waals surface area contributed by atoms with Gasteiger partial charge < -0.3 is 9.47 Å². The molecule has 128 valence electrons. The normalized spacial score (nSPS) is 11.3. The lowest BCUT2D eigenvalue weighted by molar-refractivity contribution is -0.176. The highest BCUT2D eigenvalue weighted by Gasteiger charge is 2.27. The number of rotatable bonds is 7. The number of hydrogen-bond acceptors (Lipinski definition) is 3. The quantitative estimate of drug-likeness (QED) is 0.556. The van der Waals surface area contributed by atoms with Crippen LogP contribution in [0.15, 0.2) is 54.6 Å². The van der Waals surface area contributed by atoms with E-state index in [2.05, 4.69) is 4.74 Å². The van der Waals surface area contributed by atoms with Crippen LogP contribution >= 0.6 is 0 Å². The molecule has 0 heterocycles. The fourth-order valence-corrected chi connectivity index (χ4v) is 2.00. The van der Waals surface area contributed by atoms with Crippen molar-refractivity contribution in [3.8, 4) is 11.1 Å². The zero-order valence-electron chi connectivity index (χ0n) is 12.9. The molecule has 0 saturated carbocycles. The van der Waals surface area contributed by atoms with Crippen LogP contribution in [0.1, 0.15) is 12.0 Å². The van der Waals surface area contributed by atoms with E-state index >= 15 is 0 Å². The summed E-state index contributed by atoms with van der Waals surface area (Å²) in [6, 6.07) is 17.4. The predicted octanol–water partition coefficient (Wildman–Crippen LogP) is 4.37. The van der Waals surface area contributed by atoms with Crippen molar-refractivity contribution in [1.29, 1.82) is 0 Å². The summed E-state index contributed by atoms with van der Waals surface area (Å²) in [6.45, 7) is -1.60. The summed E-state index contributed by atoms with van der Waals surface area (Å²) in [5, 5.41) is 0. The third-order valence-electron chi connectivity index (χ3n) is 3.18. The fourth-order valence-electron chi connectivity index (χ4n) is 2.00. The number of hydrogen-bond donors (Lipinski definition) is 0. The van der Waals surface area contributed by atoms with Gasteiger partial charge >= 0.3 is 12.1 Å². The molecule has 0 aromatic heterocycles. The van der Waals surface area contributed by atoms with Crippen LogP contribution in [0.2, 0.25) is 0 Å². The molecule has 0 aliphatic heterocycles. The first-order valence-electron chi connectivity index (χ1n) is 7.38. The highest BCUT2D eigenvalue weighted by atomic mass is 19.4. The Morgan fingerprint density at radius 3 is 2.17 bits per heavy atom. The molecule has 6 heteroatoms. The van der Waals surface area contributed by atoms with Crippen molar-refractivity contribution in [1.82, 2.24) is 0 Å². The Bertz CT molecular complexity index is 637. The van der Waals surface area contributed by atoms with Gasteiger partial charge in [0.15, 0.2) is 0 Å². The van der Waals surface area contributed by atoms with E-state index < -0.39 is 18.8 Å². The second-order valence-corrected chi connectivity index (χ2v) is 5.14. The average Bonchev–Trinajstić information content (AvgIpc) is 2.57. The summed E-state index contributed by atoms with van der Waals surface area (Å²) in [4.78, 5) is 11.4. The second kappa shape index (κ2) is 8.49. The maximum absolute atomic E-state index is 11.9. The van der Waals surface area contributed by atoms with E-state index in [4.69, 9.17) is 4.74 Å². The Kier molecular flexibility index (Phi) is 6.37. The molecular formula is C18H17F3O3. The van der Waals surface area contributed by atoms with Gasteiger partial charge in [0.1, 0.15) is 13.2 Å². The Morgan fingerprint density at radius 2 is 1.54 bits per heavy atom. The van der Waals surface area contributed by atoms with Gasteiger partial charge in [-0.25, -0.2) is 0 Å². The van der Waals surface area contributed by atoms with Crippen LogP contribution in [0.3, 0.4) is 0 Å². The molecule has 0 saturated heterocycles. The van der Waals surface area contributed by atoms with E-state index in [0.29, 0.717) is 0 Å². The molecule has 0 spiro atoms. The number of halogens is 3. The first kappa shape index (κ1) is 18.0. The molecule has 0 unspecified atom stereocenters. The SMILES string of the molecule is O=C(CCOCC(F)(F)F)OCc1ccc(-c2ccccc2)cc1. The van der Waals surface area contributed by atoms with Gasteiger partial charge in [-0.3, -0.25) is 4.79 Å². The number of benzene rings is 2. The number of ether oxygens (including phenoxy) is 2. The summed E-state index contributed by atoms with van der Waals surface area (Å²) in [7, 11) is 0. The molecule has 24 heavy (non-hydrogen) atoms. The number of carbonyl (C=O) groups is 1. The molecule has 0 aliphatic rings. The summed E-state index contributed by atoms with van der Waals surface area (Å²) in [5.41, 5.74) is 2.94. The van der Waals surface area contributed by atoms with Gasteiger partial charge in [0.2, 0.25) is 0 Å². The minimum absolute atomic E-state index is 0.0766. The lowest BCUT2D eigenvalue weighted by Crippen LogP contribution is -2.18. The molecule has 2 rings (SSSR count). The fraction of sp³-hybridized carbons (Fsp3) is 0.278. The molecule has 0 radical (unpaired) electrons. The van der Waals surface area contributed by atoms with Crippen LogP contribution in [0.4, 0.5) is 13.2 Å². The van der Waals surface area contributed by atoms with Crippen molar-refractivity contribution < 1.29 is 27.4 Å². The zero-order valence-corrected chi connectivity index (χ0v) is 12.9. The molecule has 0 atom stereocenters. The van der Waals surface area contributed by atoms with Crippen LogP contribution in [0.5, 0.6) is 0 Å². The standard InChI is InChI=1S/C18H17F3O3/c19-18(20,21)13-23-11-10-17(22)24-12-14-6-8-16(9-7-14)15-4-2-1-3-5-15/h1-9H,10-13H2. The van der Waals surface area contributed by atoms with E-state index in [1.807, 2.05) is 54.6 Å². The van der Waals surface area contributed by atoms with Crippen molar-refractivity contribution >= 4 is 5.97 Å². The van der Waals surface area contributed by atoms with Crippen molar-refractivity contribution in [2.75, 3.05) is 13.2 Å². The van der Waals surface area contributed by atoms with Crippen LogP contribution in [-0.2, 0) is 20.9 Å². The Labute approximate surface area is 138 Å². The Balaban J connectivity index is 1.73. The van der Waals surface area contributed by atoms with Gasteiger partial charge in [-0.05, 0) is 16.7 Å². The summed E-state index contributed by atoms with van der Waals surface area (Å²) < 4.78 is 45.0. The van der Waals surface area contributed by atoms with Gasteiger partial charge in [-0.15, -0.1) is 0 Å². The third-order valence-corrected chi connectivity index (χ3v) is 3.18. The Hall–Kier alpha value is -2.34. The predicted molar refractivity (Wildman–Crippen MR) is 83.2 cm³/mol. The molecule has 0 amide bonds. The summed E-state index contributed by atoms with van der Waals surface area (Å²) in [6.07, 6.45) is -4.59. The second-order valence-electron chi connectivity index (χ2n) is 5.14. The first-order valence-corrected chi connectivity index (χ1v) is 7.38. The van der Waals surface area contributed by atoms with Gasteiger partial charge in [0, 0.05) is 0 Å². The molecule has 0 N–H and O–H groups in total. The first-order chi connectivity index (χ1) is 11.4. The number of carbonyl (C=O) groups excluding carboxylic acids is 1. The van der Waals surface area contributed by atoms with Crippen LogP contribution in [-0.4, -0.2) is 25.4 Å². The van der Waals surface area contributed by atoms with E-state index in [9.17, 15) is 18.0 Å². The largest absolute Gasteiger partial charge is 0.461 e. The van der Waals surface area contributed by atoms with Gasteiger partial charge in [0.05, 0.1) is 13.0 Å². The van der Waals surface area contributed by atoms with Crippen molar-refractivity contribution in [3.63, 3.8) is 0 Å². The van der Waals surface area contributed by atoms with Crippen molar-refractivity contribution in [2.45, 2.75) is 19.2 Å². The smallest absolute Gasteiger partial charge is 0.411 e. The highest BCUT2D eigenvalue weighted by molar-refractivity contribution is 5.69. The maximum Gasteiger partial charge on any atom is 0.411 e.